The van der Waals surface area contributed by atoms with Gasteiger partial charge in [-0.3, -0.25) is 4.79 Å². The van der Waals surface area contributed by atoms with E-state index in [2.05, 4.69) is 5.32 Å². The van der Waals surface area contributed by atoms with E-state index in [1.165, 1.54) is 0 Å². The van der Waals surface area contributed by atoms with E-state index in [0.717, 1.165) is 19.1 Å². The smallest absolute Gasteiger partial charge is 0.237 e. The summed E-state index contributed by atoms with van der Waals surface area (Å²) in [5.74, 6) is -0.337. The predicted molar refractivity (Wildman–Crippen MR) is 69.4 cm³/mol. The molecule has 1 unspecified atom stereocenters. The summed E-state index contributed by atoms with van der Waals surface area (Å²) >= 11 is 0. The minimum atomic E-state index is -3.07. The van der Waals surface area contributed by atoms with E-state index in [-0.39, 0.29) is 23.6 Å². The molecule has 102 valence electrons. The average molecular weight is 264 g/mol. The normalized spacial score (nSPS) is 14.4. The minimum Gasteiger partial charge on any atom is -0.350 e. The number of hydrogen-bond acceptors (Lipinski definition) is 4. The largest absolute Gasteiger partial charge is 0.350 e. The van der Waals surface area contributed by atoms with Crippen LogP contribution in [0, 0.1) is 0 Å². The quantitative estimate of drug-likeness (QED) is 0.698. The van der Waals surface area contributed by atoms with Crippen LogP contribution in [0.15, 0.2) is 0 Å². The summed E-state index contributed by atoms with van der Waals surface area (Å²) < 4.78 is 21.9. The standard InChI is InChI=1S/C11H24N2O3S/c1-5-11(3,6-2)13-10(14)9(12)7-8-17(4,15)16/h9H,5-8,12H2,1-4H3,(H,13,14). The Bertz CT molecular complexity index is 348. The Morgan fingerprint density at radius 2 is 1.82 bits per heavy atom. The van der Waals surface area contributed by atoms with Crippen molar-refractivity contribution in [2.75, 3.05) is 12.0 Å². The number of carbonyl (C=O) groups is 1. The molecule has 0 aromatic carbocycles. The van der Waals surface area contributed by atoms with Gasteiger partial charge < -0.3 is 11.1 Å². The third kappa shape index (κ3) is 6.63. The first-order chi connectivity index (χ1) is 7.63. The third-order valence-electron chi connectivity index (χ3n) is 3.12. The van der Waals surface area contributed by atoms with Gasteiger partial charge in [-0.1, -0.05) is 13.8 Å². The van der Waals surface area contributed by atoms with Gasteiger partial charge in [0.05, 0.1) is 11.8 Å². The highest BCUT2D eigenvalue weighted by Crippen LogP contribution is 2.13. The zero-order valence-corrected chi connectivity index (χ0v) is 11.9. The number of nitrogens with two attached hydrogens (primary N) is 1. The zero-order valence-electron chi connectivity index (χ0n) is 11.1. The number of amides is 1. The number of carbonyl (C=O) groups excluding carboxylic acids is 1. The number of rotatable bonds is 7. The maximum Gasteiger partial charge on any atom is 0.237 e. The maximum absolute atomic E-state index is 11.8. The van der Waals surface area contributed by atoms with Crippen LogP contribution >= 0.6 is 0 Å². The third-order valence-corrected chi connectivity index (χ3v) is 4.10. The van der Waals surface area contributed by atoms with Gasteiger partial charge in [0.2, 0.25) is 5.91 Å². The van der Waals surface area contributed by atoms with Gasteiger partial charge in [-0.25, -0.2) is 8.42 Å². The van der Waals surface area contributed by atoms with E-state index in [4.69, 9.17) is 5.73 Å². The molecule has 0 heterocycles. The Morgan fingerprint density at radius 1 is 1.35 bits per heavy atom. The first-order valence-electron chi connectivity index (χ1n) is 5.89. The predicted octanol–water partition coefficient (Wildman–Crippen LogP) is 0.443. The molecule has 1 amide bonds. The van der Waals surface area contributed by atoms with Gasteiger partial charge in [0.25, 0.3) is 0 Å². The lowest BCUT2D eigenvalue weighted by Gasteiger charge is -2.29. The van der Waals surface area contributed by atoms with Crippen LogP contribution in [0.2, 0.25) is 0 Å². The molecular weight excluding hydrogens is 240 g/mol. The number of hydrogen-bond donors (Lipinski definition) is 2. The summed E-state index contributed by atoms with van der Waals surface area (Å²) in [5, 5.41) is 2.87. The second-order valence-corrected chi connectivity index (χ2v) is 7.04. The summed E-state index contributed by atoms with van der Waals surface area (Å²) in [6, 6.07) is -0.762. The fraction of sp³-hybridized carbons (Fsp3) is 0.909. The lowest BCUT2D eigenvalue weighted by molar-refractivity contribution is -0.124. The lowest BCUT2D eigenvalue weighted by atomic mass is 9.95. The Hall–Kier alpha value is -0.620. The van der Waals surface area contributed by atoms with Gasteiger partial charge in [-0.2, -0.15) is 0 Å². The maximum atomic E-state index is 11.8. The Labute approximate surface area is 104 Å². The van der Waals surface area contributed by atoms with Crippen molar-refractivity contribution in [2.24, 2.45) is 5.73 Å². The molecule has 0 bridgehead atoms. The molecule has 6 heteroatoms. The second-order valence-electron chi connectivity index (χ2n) is 4.78. The molecule has 0 radical (unpaired) electrons. The average Bonchev–Trinajstić information content (AvgIpc) is 2.24. The summed E-state index contributed by atoms with van der Waals surface area (Å²) in [6.07, 6.45) is 2.93. The van der Waals surface area contributed by atoms with Gasteiger partial charge in [0, 0.05) is 11.8 Å². The first-order valence-corrected chi connectivity index (χ1v) is 7.95. The molecule has 0 aliphatic rings. The van der Waals surface area contributed by atoms with Crippen molar-refractivity contribution >= 4 is 15.7 Å². The van der Waals surface area contributed by atoms with Gasteiger partial charge >= 0.3 is 0 Å². The monoisotopic (exact) mass is 264 g/mol. The molecule has 0 aliphatic heterocycles. The van der Waals surface area contributed by atoms with Crippen molar-refractivity contribution in [3.8, 4) is 0 Å². The van der Waals surface area contributed by atoms with E-state index in [1.807, 2.05) is 20.8 Å². The molecule has 0 rings (SSSR count). The lowest BCUT2D eigenvalue weighted by Crippen LogP contribution is -2.51. The SMILES string of the molecule is CCC(C)(CC)NC(=O)C(N)CCS(C)(=O)=O. The van der Waals surface area contributed by atoms with Gasteiger partial charge in [0.15, 0.2) is 0 Å². The van der Waals surface area contributed by atoms with Crippen LogP contribution in [-0.2, 0) is 14.6 Å². The Kier molecular flexibility index (Phi) is 6.12. The Morgan fingerprint density at radius 3 is 2.18 bits per heavy atom. The fourth-order valence-electron chi connectivity index (χ4n) is 1.29. The molecule has 0 aromatic rings. The van der Waals surface area contributed by atoms with Crippen LogP contribution in [-0.4, -0.2) is 37.9 Å². The minimum absolute atomic E-state index is 0.0590. The van der Waals surface area contributed by atoms with Crippen LogP contribution in [0.1, 0.15) is 40.0 Å². The molecule has 0 spiro atoms. The van der Waals surface area contributed by atoms with Gasteiger partial charge in [-0.05, 0) is 26.2 Å². The topological polar surface area (TPSA) is 89.3 Å². The van der Waals surface area contributed by atoms with Crippen molar-refractivity contribution in [3.05, 3.63) is 0 Å². The highest BCUT2D eigenvalue weighted by molar-refractivity contribution is 7.90. The van der Waals surface area contributed by atoms with Crippen molar-refractivity contribution in [3.63, 3.8) is 0 Å². The van der Waals surface area contributed by atoms with Gasteiger partial charge in [0.1, 0.15) is 9.84 Å². The molecule has 17 heavy (non-hydrogen) atoms. The molecule has 5 nitrogen and oxygen atoms in total. The van der Waals surface area contributed by atoms with E-state index in [1.54, 1.807) is 0 Å². The molecule has 3 N–H and O–H groups in total. The van der Waals surface area contributed by atoms with E-state index < -0.39 is 15.9 Å². The molecule has 0 aromatic heterocycles. The van der Waals surface area contributed by atoms with Gasteiger partial charge in [-0.15, -0.1) is 0 Å². The first kappa shape index (κ1) is 16.4. The molecular formula is C11H24N2O3S. The van der Waals surface area contributed by atoms with Crippen molar-refractivity contribution < 1.29 is 13.2 Å². The molecule has 0 aliphatic carbocycles. The van der Waals surface area contributed by atoms with Crippen LogP contribution < -0.4 is 11.1 Å². The number of nitrogens with one attached hydrogen (secondary N) is 1. The van der Waals surface area contributed by atoms with E-state index in [0.29, 0.717) is 0 Å². The van der Waals surface area contributed by atoms with Crippen molar-refractivity contribution in [1.29, 1.82) is 0 Å². The summed E-state index contributed by atoms with van der Waals surface area (Å²) in [6.45, 7) is 5.94. The molecule has 0 fully saturated rings. The number of sulfone groups is 1. The van der Waals surface area contributed by atoms with Crippen LogP contribution in [0.4, 0.5) is 0 Å². The fourth-order valence-corrected chi connectivity index (χ4v) is 1.97. The summed E-state index contributed by atoms with van der Waals surface area (Å²) in [4.78, 5) is 11.8. The highest BCUT2D eigenvalue weighted by atomic mass is 32.2. The van der Waals surface area contributed by atoms with Crippen LogP contribution in [0.25, 0.3) is 0 Å². The molecule has 0 saturated carbocycles. The van der Waals surface area contributed by atoms with E-state index >= 15 is 0 Å². The molecule has 1 atom stereocenters. The summed E-state index contributed by atoms with van der Waals surface area (Å²) in [5.41, 5.74) is 5.40. The van der Waals surface area contributed by atoms with Crippen LogP contribution in [0.3, 0.4) is 0 Å². The summed E-state index contributed by atoms with van der Waals surface area (Å²) in [7, 11) is -3.07. The zero-order chi connectivity index (χ0) is 13.7. The highest BCUT2D eigenvalue weighted by Gasteiger charge is 2.25. The van der Waals surface area contributed by atoms with Crippen molar-refractivity contribution in [1.82, 2.24) is 5.32 Å². The molecule has 0 saturated heterocycles. The van der Waals surface area contributed by atoms with Crippen molar-refractivity contribution in [2.45, 2.75) is 51.6 Å². The van der Waals surface area contributed by atoms with E-state index in [9.17, 15) is 13.2 Å². The van der Waals surface area contributed by atoms with Crippen LogP contribution in [0.5, 0.6) is 0 Å². The Balaban J connectivity index is 4.32. The second kappa shape index (κ2) is 6.35.